The molecule has 0 aromatic heterocycles. The lowest BCUT2D eigenvalue weighted by Gasteiger charge is -2.09. The molecule has 0 unspecified atom stereocenters. The molecule has 0 bridgehead atoms. The Bertz CT molecular complexity index is 221. The van der Waals surface area contributed by atoms with Crippen molar-refractivity contribution in [2.45, 2.75) is 47.0 Å². The average Bonchev–Trinajstić information content (AvgIpc) is 2.21. The Morgan fingerprint density at radius 1 is 1.31 bits per heavy atom. The van der Waals surface area contributed by atoms with Gasteiger partial charge < -0.3 is 0 Å². The second kappa shape index (κ2) is 6.64. The number of ketones is 1. The highest BCUT2D eigenvalue weighted by molar-refractivity contribution is 5.95. The van der Waals surface area contributed by atoms with Crippen molar-refractivity contribution in [2.24, 2.45) is 0 Å². The maximum atomic E-state index is 11.2. The predicted octanol–water partition coefficient (Wildman–Crippen LogP) is 3.66. The highest BCUT2D eigenvalue weighted by Gasteiger charge is 2.08. The van der Waals surface area contributed by atoms with Crippen LogP contribution in [-0.4, -0.2) is 5.78 Å². The van der Waals surface area contributed by atoms with E-state index < -0.39 is 0 Å². The van der Waals surface area contributed by atoms with Crippen LogP contribution in [0.1, 0.15) is 47.0 Å². The minimum Gasteiger partial charge on any atom is -0.295 e. The summed E-state index contributed by atoms with van der Waals surface area (Å²) in [6, 6.07) is 0. The molecule has 0 aromatic rings. The molecule has 0 fully saturated rings. The Kier molecular flexibility index (Phi) is 6.21. The molecule has 0 saturated carbocycles. The molecule has 0 N–H and O–H groups in total. The van der Waals surface area contributed by atoms with Crippen molar-refractivity contribution in [3.63, 3.8) is 0 Å². The monoisotopic (exact) mass is 180 g/mol. The van der Waals surface area contributed by atoms with Crippen LogP contribution in [-0.2, 0) is 4.79 Å². The molecule has 0 aliphatic heterocycles. The van der Waals surface area contributed by atoms with Gasteiger partial charge in [0.2, 0.25) is 0 Å². The SMILES string of the molecule is CC.CCC(=O)C1=CC=C(C)CC1. The van der Waals surface area contributed by atoms with E-state index in [9.17, 15) is 4.79 Å². The summed E-state index contributed by atoms with van der Waals surface area (Å²) < 4.78 is 0. The van der Waals surface area contributed by atoms with E-state index in [1.165, 1.54) is 5.57 Å². The topological polar surface area (TPSA) is 17.1 Å². The Labute approximate surface area is 81.5 Å². The fourth-order valence-corrected chi connectivity index (χ4v) is 1.20. The summed E-state index contributed by atoms with van der Waals surface area (Å²) >= 11 is 0. The minimum absolute atomic E-state index is 0.300. The van der Waals surface area contributed by atoms with Gasteiger partial charge in [0.1, 0.15) is 0 Å². The summed E-state index contributed by atoms with van der Waals surface area (Å²) in [7, 11) is 0. The number of carbonyl (C=O) groups is 1. The number of carbonyl (C=O) groups excluding carboxylic acids is 1. The summed E-state index contributed by atoms with van der Waals surface area (Å²) in [5, 5.41) is 0. The third-order valence-electron chi connectivity index (χ3n) is 2.04. The second-order valence-electron chi connectivity index (χ2n) is 2.98. The molecule has 0 amide bonds. The summed E-state index contributed by atoms with van der Waals surface area (Å²) in [6.45, 7) is 8.01. The number of rotatable bonds is 2. The van der Waals surface area contributed by atoms with Crippen molar-refractivity contribution in [1.29, 1.82) is 0 Å². The highest BCUT2D eigenvalue weighted by Crippen LogP contribution is 2.18. The zero-order valence-electron chi connectivity index (χ0n) is 9.18. The van der Waals surface area contributed by atoms with Crippen molar-refractivity contribution in [1.82, 2.24) is 0 Å². The van der Waals surface area contributed by atoms with E-state index >= 15 is 0 Å². The second-order valence-corrected chi connectivity index (χ2v) is 2.98. The van der Waals surface area contributed by atoms with Gasteiger partial charge in [0.15, 0.2) is 5.78 Å². The minimum atomic E-state index is 0.300. The lowest BCUT2D eigenvalue weighted by molar-refractivity contribution is -0.115. The van der Waals surface area contributed by atoms with Gasteiger partial charge in [-0.25, -0.2) is 0 Å². The van der Waals surface area contributed by atoms with Crippen molar-refractivity contribution in [3.8, 4) is 0 Å². The first-order valence-corrected chi connectivity index (χ1v) is 5.13. The van der Waals surface area contributed by atoms with E-state index in [1.807, 2.05) is 32.9 Å². The molecule has 1 nitrogen and oxygen atoms in total. The van der Waals surface area contributed by atoms with Gasteiger partial charge in [-0.15, -0.1) is 0 Å². The Balaban J connectivity index is 0.000000671. The molecule has 1 rings (SSSR count). The molecule has 74 valence electrons. The Hall–Kier alpha value is -0.850. The van der Waals surface area contributed by atoms with Crippen LogP contribution in [0.15, 0.2) is 23.3 Å². The van der Waals surface area contributed by atoms with Crippen LogP contribution >= 0.6 is 0 Å². The standard InChI is InChI=1S/C10H14O.C2H6/c1-3-10(11)9-6-4-8(2)5-7-9;1-2/h4,6H,3,5,7H2,1-2H3;1-2H3. The lowest BCUT2D eigenvalue weighted by Crippen LogP contribution is -2.03. The Morgan fingerprint density at radius 3 is 2.31 bits per heavy atom. The molecule has 13 heavy (non-hydrogen) atoms. The maximum absolute atomic E-state index is 11.2. The van der Waals surface area contributed by atoms with E-state index in [4.69, 9.17) is 0 Å². The Morgan fingerprint density at radius 2 is 1.92 bits per heavy atom. The zero-order valence-corrected chi connectivity index (χ0v) is 9.18. The van der Waals surface area contributed by atoms with Gasteiger partial charge in [-0.05, 0) is 25.3 Å². The first-order valence-electron chi connectivity index (χ1n) is 5.13. The maximum Gasteiger partial charge on any atom is 0.158 e. The van der Waals surface area contributed by atoms with Gasteiger partial charge in [-0.1, -0.05) is 38.5 Å². The smallest absolute Gasteiger partial charge is 0.158 e. The molecule has 0 spiro atoms. The van der Waals surface area contributed by atoms with E-state index in [1.54, 1.807) is 0 Å². The van der Waals surface area contributed by atoms with Crippen LogP contribution in [0, 0.1) is 0 Å². The van der Waals surface area contributed by atoms with Gasteiger partial charge in [0, 0.05) is 6.42 Å². The third kappa shape index (κ3) is 4.07. The van der Waals surface area contributed by atoms with Crippen molar-refractivity contribution < 1.29 is 4.79 Å². The van der Waals surface area contributed by atoms with Crippen LogP contribution < -0.4 is 0 Å². The van der Waals surface area contributed by atoms with Crippen molar-refractivity contribution >= 4 is 5.78 Å². The van der Waals surface area contributed by atoms with Crippen LogP contribution in [0.2, 0.25) is 0 Å². The van der Waals surface area contributed by atoms with Crippen LogP contribution in [0.5, 0.6) is 0 Å². The van der Waals surface area contributed by atoms with Gasteiger partial charge in [-0.2, -0.15) is 0 Å². The molecule has 1 heteroatoms. The lowest BCUT2D eigenvalue weighted by atomic mass is 9.96. The predicted molar refractivity (Wildman–Crippen MR) is 57.7 cm³/mol. The molecule has 1 aliphatic rings. The number of hydrogen-bond acceptors (Lipinski definition) is 1. The third-order valence-corrected chi connectivity index (χ3v) is 2.04. The van der Waals surface area contributed by atoms with Crippen molar-refractivity contribution in [2.75, 3.05) is 0 Å². The van der Waals surface area contributed by atoms with E-state index in [0.29, 0.717) is 12.2 Å². The molecule has 0 heterocycles. The molecule has 1 aliphatic carbocycles. The molecular formula is C12H20O. The summed E-state index contributed by atoms with van der Waals surface area (Å²) in [5.41, 5.74) is 2.37. The normalized spacial score (nSPS) is 15.1. The van der Waals surface area contributed by atoms with Crippen molar-refractivity contribution in [3.05, 3.63) is 23.3 Å². The highest BCUT2D eigenvalue weighted by atomic mass is 16.1. The van der Waals surface area contributed by atoms with E-state index in [2.05, 4.69) is 6.92 Å². The zero-order chi connectivity index (χ0) is 10.3. The van der Waals surface area contributed by atoms with Crippen LogP contribution in [0.25, 0.3) is 0 Å². The van der Waals surface area contributed by atoms with Crippen LogP contribution in [0.4, 0.5) is 0 Å². The molecular weight excluding hydrogens is 160 g/mol. The van der Waals surface area contributed by atoms with Crippen LogP contribution in [0.3, 0.4) is 0 Å². The molecule has 0 aromatic carbocycles. The van der Waals surface area contributed by atoms with E-state index in [-0.39, 0.29) is 0 Å². The van der Waals surface area contributed by atoms with E-state index in [0.717, 1.165) is 18.4 Å². The molecule has 0 saturated heterocycles. The average molecular weight is 180 g/mol. The fraction of sp³-hybridized carbons (Fsp3) is 0.583. The summed E-state index contributed by atoms with van der Waals surface area (Å²) in [4.78, 5) is 11.2. The summed E-state index contributed by atoms with van der Waals surface area (Å²) in [5.74, 6) is 0.300. The summed E-state index contributed by atoms with van der Waals surface area (Å²) in [6.07, 6.45) is 6.64. The first-order chi connectivity index (χ1) is 6.24. The molecule has 0 atom stereocenters. The van der Waals surface area contributed by atoms with Gasteiger partial charge in [0.05, 0.1) is 0 Å². The fourth-order valence-electron chi connectivity index (χ4n) is 1.20. The first kappa shape index (κ1) is 12.2. The quantitative estimate of drug-likeness (QED) is 0.634. The van der Waals surface area contributed by atoms with Gasteiger partial charge >= 0.3 is 0 Å². The number of allylic oxidation sites excluding steroid dienone is 4. The largest absolute Gasteiger partial charge is 0.295 e. The number of hydrogen-bond donors (Lipinski definition) is 0. The van der Waals surface area contributed by atoms with Gasteiger partial charge in [-0.3, -0.25) is 4.79 Å². The number of Topliss-reactive ketones (excluding diaryl/α,β-unsaturated/α-hetero) is 1. The molecule has 0 radical (unpaired) electrons. The van der Waals surface area contributed by atoms with Gasteiger partial charge in [0.25, 0.3) is 0 Å².